The third kappa shape index (κ3) is 2.54. The average molecular weight is 370 g/mol. The third-order valence-electron chi connectivity index (χ3n) is 6.43. The Morgan fingerprint density at radius 1 is 0.679 bits per heavy atom. The topological polar surface area (TPSA) is 55.3 Å². The molecule has 5 rings (SSSR count). The summed E-state index contributed by atoms with van der Waals surface area (Å²) >= 11 is 0. The molecule has 0 aromatic heterocycles. The van der Waals surface area contributed by atoms with Crippen LogP contribution in [0.25, 0.3) is 22.3 Å². The molecule has 2 atom stereocenters. The standard InChI is InChI=1S/C25H27N3/c1-15(2)28-22-13-14-23(28)25-21(17-5-9-19(27)10-6-17)12-11-20(24(22)25)16-3-7-18(26)8-4-16/h3-12,15,22-23H,13-14,26-27H2,1-2H3. The maximum Gasteiger partial charge on any atom is 0.0367 e. The first-order valence-corrected chi connectivity index (χ1v) is 10.2. The molecule has 3 nitrogen and oxygen atoms in total. The Labute approximate surface area is 167 Å². The van der Waals surface area contributed by atoms with Crippen LogP contribution in [0.5, 0.6) is 0 Å². The monoisotopic (exact) mass is 369 g/mol. The molecule has 2 aliphatic heterocycles. The van der Waals surface area contributed by atoms with Crippen LogP contribution in [0.3, 0.4) is 0 Å². The van der Waals surface area contributed by atoms with Gasteiger partial charge in [-0.15, -0.1) is 0 Å². The molecule has 4 N–H and O–H groups in total. The molecule has 1 fully saturated rings. The van der Waals surface area contributed by atoms with Crippen molar-refractivity contribution >= 4 is 11.4 Å². The number of nitrogen functional groups attached to an aromatic ring is 2. The summed E-state index contributed by atoms with van der Waals surface area (Å²) in [6.45, 7) is 4.64. The summed E-state index contributed by atoms with van der Waals surface area (Å²) in [6, 6.07) is 22.8. The minimum atomic E-state index is 0.501. The molecule has 28 heavy (non-hydrogen) atoms. The highest BCUT2D eigenvalue weighted by atomic mass is 15.3. The van der Waals surface area contributed by atoms with Gasteiger partial charge in [0.2, 0.25) is 0 Å². The largest absolute Gasteiger partial charge is 0.399 e. The van der Waals surface area contributed by atoms with E-state index in [0.717, 1.165) is 11.4 Å². The Balaban J connectivity index is 1.74. The second kappa shape index (κ2) is 6.39. The molecule has 0 spiro atoms. The Morgan fingerprint density at radius 3 is 1.43 bits per heavy atom. The Kier molecular flexibility index (Phi) is 3.95. The summed E-state index contributed by atoms with van der Waals surface area (Å²) in [5, 5.41) is 0. The number of rotatable bonds is 3. The van der Waals surface area contributed by atoms with Crippen LogP contribution in [-0.2, 0) is 0 Å². The van der Waals surface area contributed by atoms with Crippen LogP contribution in [-0.4, -0.2) is 10.9 Å². The average Bonchev–Trinajstić information content (AvgIpc) is 3.26. The number of anilines is 2. The van der Waals surface area contributed by atoms with Crippen molar-refractivity contribution in [3.63, 3.8) is 0 Å². The van der Waals surface area contributed by atoms with Crippen molar-refractivity contribution < 1.29 is 0 Å². The van der Waals surface area contributed by atoms with Crippen LogP contribution in [0.15, 0.2) is 60.7 Å². The highest BCUT2D eigenvalue weighted by molar-refractivity contribution is 5.81. The molecule has 2 heterocycles. The fraction of sp³-hybridized carbons (Fsp3) is 0.280. The Morgan fingerprint density at radius 2 is 1.07 bits per heavy atom. The fourth-order valence-electron chi connectivity index (χ4n) is 5.32. The molecule has 2 unspecified atom stereocenters. The highest BCUT2D eigenvalue weighted by Crippen LogP contribution is 2.58. The first-order valence-electron chi connectivity index (χ1n) is 10.2. The van der Waals surface area contributed by atoms with Gasteiger partial charge >= 0.3 is 0 Å². The quantitative estimate of drug-likeness (QED) is 0.575. The van der Waals surface area contributed by atoms with Crippen LogP contribution in [0, 0.1) is 0 Å². The van der Waals surface area contributed by atoms with E-state index in [0.29, 0.717) is 18.1 Å². The van der Waals surface area contributed by atoms with E-state index in [9.17, 15) is 0 Å². The normalized spacial score (nSPS) is 20.7. The molecule has 1 saturated heterocycles. The SMILES string of the molecule is CC(C)N1C2CCC1c1c(-c3ccc(N)cc3)ccc(-c3ccc(N)cc3)c12. The van der Waals surface area contributed by atoms with E-state index in [1.807, 2.05) is 24.3 Å². The molecular formula is C25H27N3. The lowest BCUT2D eigenvalue weighted by Gasteiger charge is -2.26. The van der Waals surface area contributed by atoms with Gasteiger partial charge in [-0.1, -0.05) is 36.4 Å². The number of nitrogens with two attached hydrogens (primary N) is 2. The van der Waals surface area contributed by atoms with Gasteiger partial charge in [0.25, 0.3) is 0 Å². The number of hydrogen-bond acceptors (Lipinski definition) is 3. The smallest absolute Gasteiger partial charge is 0.0367 e. The van der Waals surface area contributed by atoms with Gasteiger partial charge in [0, 0.05) is 29.5 Å². The van der Waals surface area contributed by atoms with Crippen molar-refractivity contribution in [3.05, 3.63) is 71.8 Å². The van der Waals surface area contributed by atoms with Crippen LogP contribution in [0.4, 0.5) is 11.4 Å². The molecule has 3 aromatic carbocycles. The van der Waals surface area contributed by atoms with Crippen molar-refractivity contribution in [2.75, 3.05) is 11.5 Å². The Hall–Kier alpha value is -2.78. The summed E-state index contributed by atoms with van der Waals surface area (Å²) < 4.78 is 0. The highest BCUT2D eigenvalue weighted by Gasteiger charge is 2.47. The van der Waals surface area contributed by atoms with Gasteiger partial charge < -0.3 is 11.5 Å². The Bertz CT molecular complexity index is 938. The molecule has 0 radical (unpaired) electrons. The lowest BCUT2D eigenvalue weighted by Crippen LogP contribution is -2.27. The van der Waals surface area contributed by atoms with E-state index in [4.69, 9.17) is 11.5 Å². The minimum absolute atomic E-state index is 0.501. The van der Waals surface area contributed by atoms with E-state index in [1.54, 1.807) is 0 Å². The second-order valence-corrected chi connectivity index (χ2v) is 8.38. The van der Waals surface area contributed by atoms with Crippen LogP contribution in [0.2, 0.25) is 0 Å². The predicted octanol–water partition coefficient (Wildman–Crippen LogP) is 5.79. The molecule has 0 saturated carbocycles. The van der Waals surface area contributed by atoms with Crippen molar-refractivity contribution in [3.8, 4) is 22.3 Å². The van der Waals surface area contributed by atoms with Gasteiger partial charge in [0.05, 0.1) is 0 Å². The van der Waals surface area contributed by atoms with Crippen LogP contribution in [0.1, 0.15) is 49.9 Å². The van der Waals surface area contributed by atoms with Gasteiger partial charge in [-0.3, -0.25) is 4.90 Å². The minimum Gasteiger partial charge on any atom is -0.399 e. The molecule has 2 bridgehead atoms. The summed E-state index contributed by atoms with van der Waals surface area (Å²) in [7, 11) is 0. The number of nitrogens with zero attached hydrogens (tertiary/aromatic N) is 1. The molecule has 0 aliphatic carbocycles. The molecule has 3 aromatic rings. The van der Waals surface area contributed by atoms with E-state index >= 15 is 0 Å². The first kappa shape index (κ1) is 17.3. The second-order valence-electron chi connectivity index (χ2n) is 8.38. The zero-order valence-corrected chi connectivity index (χ0v) is 16.5. The van der Waals surface area contributed by atoms with E-state index in [1.165, 1.54) is 46.2 Å². The first-order chi connectivity index (χ1) is 13.5. The van der Waals surface area contributed by atoms with Gasteiger partial charge in [0.15, 0.2) is 0 Å². The van der Waals surface area contributed by atoms with Gasteiger partial charge in [-0.05, 0) is 84.3 Å². The fourth-order valence-corrected chi connectivity index (χ4v) is 5.32. The van der Waals surface area contributed by atoms with Gasteiger partial charge in [-0.2, -0.15) is 0 Å². The van der Waals surface area contributed by atoms with Crippen LogP contribution >= 0.6 is 0 Å². The van der Waals surface area contributed by atoms with Crippen molar-refractivity contribution in [1.29, 1.82) is 0 Å². The zero-order valence-electron chi connectivity index (χ0n) is 16.5. The van der Waals surface area contributed by atoms with Crippen molar-refractivity contribution in [1.82, 2.24) is 4.90 Å². The van der Waals surface area contributed by atoms with Crippen LogP contribution < -0.4 is 11.5 Å². The third-order valence-corrected chi connectivity index (χ3v) is 6.43. The summed E-state index contributed by atoms with van der Waals surface area (Å²) in [5.74, 6) is 0. The molecule has 0 amide bonds. The summed E-state index contributed by atoms with van der Waals surface area (Å²) in [4.78, 5) is 2.71. The van der Waals surface area contributed by atoms with Crippen molar-refractivity contribution in [2.45, 2.75) is 44.8 Å². The molecular weight excluding hydrogens is 342 g/mol. The zero-order chi connectivity index (χ0) is 19.4. The lowest BCUT2D eigenvalue weighted by molar-refractivity contribution is 0.174. The number of benzene rings is 3. The van der Waals surface area contributed by atoms with E-state index in [-0.39, 0.29) is 0 Å². The number of fused-ring (bicyclic) bond motifs is 5. The van der Waals surface area contributed by atoms with Gasteiger partial charge in [0.1, 0.15) is 0 Å². The maximum atomic E-state index is 5.93. The maximum absolute atomic E-state index is 5.93. The molecule has 2 aliphatic rings. The lowest BCUT2D eigenvalue weighted by atomic mass is 9.81. The van der Waals surface area contributed by atoms with Crippen molar-refractivity contribution in [2.24, 2.45) is 0 Å². The summed E-state index contributed by atoms with van der Waals surface area (Å²) in [5.41, 5.74) is 21.7. The van der Waals surface area contributed by atoms with Gasteiger partial charge in [-0.25, -0.2) is 0 Å². The number of hydrogen-bond donors (Lipinski definition) is 2. The molecule has 142 valence electrons. The van der Waals surface area contributed by atoms with E-state index in [2.05, 4.69) is 55.1 Å². The predicted molar refractivity (Wildman–Crippen MR) is 118 cm³/mol. The van der Waals surface area contributed by atoms with E-state index < -0.39 is 0 Å². The molecule has 3 heteroatoms. The summed E-state index contributed by atoms with van der Waals surface area (Å²) in [6.07, 6.45) is 2.48.